The summed E-state index contributed by atoms with van der Waals surface area (Å²) in [6, 6.07) is 22.6. The Morgan fingerprint density at radius 2 is 1.84 bits per heavy atom. The zero-order chi connectivity index (χ0) is 21.8. The largest absolute Gasteiger partial charge is 0.495 e. The normalized spacial score (nSPS) is 11.8. The lowest BCUT2D eigenvalue weighted by atomic mass is 10.2. The number of rotatable bonds is 7. The van der Waals surface area contributed by atoms with Gasteiger partial charge in [-0.3, -0.25) is 4.79 Å². The predicted molar refractivity (Wildman–Crippen MR) is 124 cm³/mol. The molecule has 0 fully saturated rings. The summed E-state index contributed by atoms with van der Waals surface area (Å²) in [5.41, 5.74) is 2.65. The molecule has 0 saturated heterocycles. The van der Waals surface area contributed by atoms with Crippen LogP contribution in [0.15, 0.2) is 79.0 Å². The standard InChI is InChI=1S/C25H23ClN2O3/c1-17(25(29)27-19-11-12-24(30-2)21(26)15-19)28-14-13-20-22(28)9-6-10-23(20)31-16-18-7-4-3-5-8-18/h3-15,17H,16H2,1-2H3,(H,27,29). The highest BCUT2D eigenvalue weighted by Crippen LogP contribution is 2.31. The minimum absolute atomic E-state index is 0.144. The van der Waals surface area contributed by atoms with Crippen LogP contribution in [0, 0.1) is 0 Å². The van der Waals surface area contributed by atoms with Crippen molar-refractivity contribution in [3.8, 4) is 11.5 Å². The molecule has 1 N–H and O–H groups in total. The van der Waals surface area contributed by atoms with Crippen molar-refractivity contribution in [3.63, 3.8) is 0 Å². The Morgan fingerprint density at radius 1 is 1.03 bits per heavy atom. The van der Waals surface area contributed by atoms with E-state index in [1.807, 2.05) is 72.3 Å². The average molecular weight is 435 g/mol. The maximum absolute atomic E-state index is 12.9. The lowest BCUT2D eigenvalue weighted by Crippen LogP contribution is -2.23. The number of carbonyl (C=O) groups is 1. The van der Waals surface area contributed by atoms with Gasteiger partial charge in [0, 0.05) is 17.3 Å². The third kappa shape index (κ3) is 4.52. The van der Waals surface area contributed by atoms with Crippen LogP contribution in [0.4, 0.5) is 5.69 Å². The van der Waals surface area contributed by atoms with E-state index in [-0.39, 0.29) is 5.91 Å². The number of anilines is 1. The van der Waals surface area contributed by atoms with E-state index in [2.05, 4.69) is 5.32 Å². The molecule has 1 atom stereocenters. The second-order valence-electron chi connectivity index (χ2n) is 7.20. The highest BCUT2D eigenvalue weighted by molar-refractivity contribution is 6.32. The molecular formula is C25H23ClN2O3. The molecular weight excluding hydrogens is 412 g/mol. The van der Waals surface area contributed by atoms with E-state index in [0.29, 0.717) is 23.1 Å². The lowest BCUT2D eigenvalue weighted by molar-refractivity contribution is -0.118. The molecule has 4 aromatic rings. The summed E-state index contributed by atoms with van der Waals surface area (Å²) >= 11 is 6.17. The molecule has 0 aliphatic carbocycles. The molecule has 158 valence electrons. The minimum atomic E-state index is -0.428. The number of ether oxygens (including phenoxy) is 2. The quantitative estimate of drug-likeness (QED) is 0.383. The molecule has 5 nitrogen and oxygen atoms in total. The minimum Gasteiger partial charge on any atom is -0.495 e. The van der Waals surface area contributed by atoms with Crippen molar-refractivity contribution in [1.29, 1.82) is 0 Å². The van der Waals surface area contributed by atoms with Crippen LogP contribution in [0.25, 0.3) is 10.9 Å². The first kappa shape index (κ1) is 20.8. The third-order valence-electron chi connectivity index (χ3n) is 5.18. The van der Waals surface area contributed by atoms with Gasteiger partial charge in [0.05, 0.1) is 17.6 Å². The van der Waals surface area contributed by atoms with E-state index in [4.69, 9.17) is 21.1 Å². The molecule has 0 aliphatic heterocycles. The van der Waals surface area contributed by atoms with Crippen molar-refractivity contribution in [2.45, 2.75) is 19.6 Å². The second kappa shape index (κ2) is 9.14. The number of carbonyl (C=O) groups excluding carboxylic acids is 1. The summed E-state index contributed by atoms with van der Waals surface area (Å²) in [5.74, 6) is 1.20. The van der Waals surface area contributed by atoms with Gasteiger partial charge in [0.1, 0.15) is 24.1 Å². The topological polar surface area (TPSA) is 52.5 Å². The third-order valence-corrected chi connectivity index (χ3v) is 5.47. The number of methoxy groups -OCH3 is 1. The highest BCUT2D eigenvalue weighted by atomic mass is 35.5. The first-order chi connectivity index (χ1) is 15.1. The Morgan fingerprint density at radius 3 is 2.58 bits per heavy atom. The molecule has 4 rings (SSSR count). The first-order valence-corrected chi connectivity index (χ1v) is 10.4. The zero-order valence-electron chi connectivity index (χ0n) is 17.3. The number of amides is 1. The fourth-order valence-electron chi connectivity index (χ4n) is 3.48. The number of hydrogen-bond donors (Lipinski definition) is 1. The van der Waals surface area contributed by atoms with Crippen LogP contribution in [0.5, 0.6) is 11.5 Å². The Balaban J connectivity index is 1.52. The van der Waals surface area contributed by atoms with Crippen molar-refractivity contribution in [2.24, 2.45) is 0 Å². The van der Waals surface area contributed by atoms with Crippen molar-refractivity contribution >= 4 is 34.1 Å². The summed E-state index contributed by atoms with van der Waals surface area (Å²) in [6.45, 7) is 2.34. The van der Waals surface area contributed by atoms with Gasteiger partial charge in [0.15, 0.2) is 0 Å². The van der Waals surface area contributed by atoms with Gasteiger partial charge >= 0.3 is 0 Å². The van der Waals surface area contributed by atoms with Gasteiger partial charge in [-0.1, -0.05) is 48.0 Å². The molecule has 1 heterocycles. The molecule has 0 bridgehead atoms. The van der Waals surface area contributed by atoms with Crippen LogP contribution in [0.3, 0.4) is 0 Å². The molecule has 1 unspecified atom stereocenters. The van der Waals surface area contributed by atoms with Crippen molar-refractivity contribution < 1.29 is 14.3 Å². The Labute approximate surface area is 186 Å². The monoisotopic (exact) mass is 434 g/mol. The van der Waals surface area contributed by atoms with Gasteiger partial charge in [0.2, 0.25) is 5.91 Å². The fraction of sp³-hybridized carbons (Fsp3) is 0.160. The van der Waals surface area contributed by atoms with Gasteiger partial charge in [-0.05, 0) is 48.9 Å². The average Bonchev–Trinajstić information content (AvgIpc) is 3.22. The molecule has 0 radical (unpaired) electrons. The Bertz CT molecular complexity index is 1200. The number of nitrogens with zero attached hydrogens (tertiary/aromatic N) is 1. The van der Waals surface area contributed by atoms with Gasteiger partial charge in [0.25, 0.3) is 0 Å². The maximum atomic E-state index is 12.9. The number of benzene rings is 3. The van der Waals surface area contributed by atoms with Gasteiger partial charge in [-0.25, -0.2) is 0 Å². The summed E-state index contributed by atoms with van der Waals surface area (Å²) in [6.07, 6.45) is 1.91. The van der Waals surface area contributed by atoms with E-state index in [0.717, 1.165) is 22.2 Å². The Kier molecular flexibility index (Phi) is 6.14. The maximum Gasteiger partial charge on any atom is 0.247 e. The molecule has 0 aliphatic rings. The second-order valence-corrected chi connectivity index (χ2v) is 7.61. The van der Waals surface area contributed by atoms with Crippen LogP contribution in [0.2, 0.25) is 5.02 Å². The summed E-state index contributed by atoms with van der Waals surface area (Å²) in [5, 5.41) is 4.32. The van der Waals surface area contributed by atoms with Crippen molar-refractivity contribution in [3.05, 3.63) is 89.6 Å². The summed E-state index contributed by atoms with van der Waals surface area (Å²) < 4.78 is 13.1. The predicted octanol–water partition coefficient (Wildman–Crippen LogP) is 6.08. The molecule has 1 aromatic heterocycles. The van der Waals surface area contributed by atoms with E-state index in [1.54, 1.807) is 25.3 Å². The lowest BCUT2D eigenvalue weighted by Gasteiger charge is -2.16. The van der Waals surface area contributed by atoms with Crippen LogP contribution < -0.4 is 14.8 Å². The molecule has 0 spiro atoms. The van der Waals surface area contributed by atoms with Crippen molar-refractivity contribution in [1.82, 2.24) is 4.57 Å². The van der Waals surface area contributed by atoms with Crippen LogP contribution in [-0.2, 0) is 11.4 Å². The SMILES string of the molecule is COc1ccc(NC(=O)C(C)n2ccc3c(OCc4ccccc4)cccc32)cc1Cl. The fourth-order valence-corrected chi connectivity index (χ4v) is 3.73. The summed E-state index contributed by atoms with van der Waals surface area (Å²) in [7, 11) is 1.55. The molecule has 1 amide bonds. The molecule has 31 heavy (non-hydrogen) atoms. The first-order valence-electron chi connectivity index (χ1n) is 9.97. The van der Waals surface area contributed by atoms with E-state index in [9.17, 15) is 4.79 Å². The number of halogens is 1. The summed E-state index contributed by atoms with van der Waals surface area (Å²) in [4.78, 5) is 12.9. The molecule has 6 heteroatoms. The molecule has 3 aromatic carbocycles. The number of nitrogens with one attached hydrogen (secondary N) is 1. The Hall–Kier alpha value is -3.44. The zero-order valence-corrected chi connectivity index (χ0v) is 18.1. The molecule has 0 saturated carbocycles. The van der Waals surface area contributed by atoms with Gasteiger partial charge in [-0.2, -0.15) is 0 Å². The van der Waals surface area contributed by atoms with Crippen LogP contribution >= 0.6 is 11.6 Å². The van der Waals surface area contributed by atoms with Crippen LogP contribution in [-0.4, -0.2) is 17.6 Å². The van der Waals surface area contributed by atoms with Crippen LogP contribution in [0.1, 0.15) is 18.5 Å². The van der Waals surface area contributed by atoms with E-state index < -0.39 is 6.04 Å². The number of aromatic nitrogens is 1. The van der Waals surface area contributed by atoms with Gasteiger partial charge < -0.3 is 19.4 Å². The number of hydrogen-bond acceptors (Lipinski definition) is 3. The number of fused-ring (bicyclic) bond motifs is 1. The highest BCUT2D eigenvalue weighted by Gasteiger charge is 2.18. The van der Waals surface area contributed by atoms with E-state index >= 15 is 0 Å². The van der Waals surface area contributed by atoms with Gasteiger partial charge in [-0.15, -0.1) is 0 Å². The van der Waals surface area contributed by atoms with Crippen molar-refractivity contribution in [2.75, 3.05) is 12.4 Å². The van der Waals surface area contributed by atoms with E-state index in [1.165, 1.54) is 0 Å². The smallest absolute Gasteiger partial charge is 0.247 e.